The number of hydrogen-bond donors (Lipinski definition) is 1. The molecule has 0 aromatic carbocycles. The fourth-order valence-corrected chi connectivity index (χ4v) is 2.69. The maximum absolute atomic E-state index is 11.5. The first-order valence-electron chi connectivity index (χ1n) is 5.65. The number of nitrogens with one attached hydrogen (secondary N) is 1. The molecule has 0 spiro atoms. The maximum atomic E-state index is 11.5. The topological polar surface area (TPSA) is 58.2 Å². The zero-order valence-corrected chi connectivity index (χ0v) is 12.6. The number of nitrogens with zero attached hydrogens (tertiary/aromatic N) is 2. The van der Waals surface area contributed by atoms with Gasteiger partial charge in [0.1, 0.15) is 5.02 Å². The normalized spacial score (nSPS) is 23.1. The molecule has 0 saturated carbocycles. The summed E-state index contributed by atoms with van der Waals surface area (Å²) < 4.78 is 5.90. The lowest BCUT2D eigenvalue weighted by molar-refractivity contribution is -0.0726. The number of anilines is 1. The summed E-state index contributed by atoms with van der Waals surface area (Å²) in [7, 11) is 0. The van der Waals surface area contributed by atoms with E-state index in [1.807, 2.05) is 18.7 Å². The number of rotatable bonds is 2. The van der Waals surface area contributed by atoms with Gasteiger partial charge in [-0.1, -0.05) is 27.5 Å². The summed E-state index contributed by atoms with van der Waals surface area (Å²) in [5.74, 6) is 0.516. The van der Waals surface area contributed by atoms with Gasteiger partial charge in [-0.05, 0) is 13.8 Å². The number of H-pyrrole nitrogens is 1. The molecule has 0 aliphatic carbocycles. The largest absolute Gasteiger partial charge is 0.368 e. The molecule has 1 unspecified atom stereocenters. The standard InChI is InChI=1S/C11H15BrClN3O2/c1-11(2)5-16(4-7(3-12)18-11)9-8(13)10(17)15-6-14-9/h6-7H,3-5H2,1-2H3,(H,14,15,17). The Labute approximate surface area is 119 Å². The van der Waals surface area contributed by atoms with Crippen molar-refractivity contribution in [1.29, 1.82) is 0 Å². The minimum atomic E-state index is -0.318. The number of morpholine rings is 1. The third-order valence-corrected chi connectivity index (χ3v) is 3.79. The van der Waals surface area contributed by atoms with Crippen molar-refractivity contribution in [2.75, 3.05) is 23.3 Å². The lowest BCUT2D eigenvalue weighted by Crippen LogP contribution is -2.54. The highest BCUT2D eigenvalue weighted by atomic mass is 79.9. The van der Waals surface area contributed by atoms with Crippen molar-refractivity contribution >= 4 is 33.3 Å². The Kier molecular flexibility index (Phi) is 3.99. The van der Waals surface area contributed by atoms with Gasteiger partial charge in [0, 0.05) is 18.4 Å². The molecule has 100 valence electrons. The molecule has 1 atom stereocenters. The Hall–Kier alpha value is -0.590. The monoisotopic (exact) mass is 335 g/mol. The van der Waals surface area contributed by atoms with Crippen LogP contribution in [-0.2, 0) is 4.74 Å². The van der Waals surface area contributed by atoms with Crippen LogP contribution in [0.4, 0.5) is 5.82 Å². The summed E-state index contributed by atoms with van der Waals surface area (Å²) in [4.78, 5) is 20.1. The molecule has 1 fully saturated rings. The van der Waals surface area contributed by atoms with Gasteiger partial charge < -0.3 is 14.6 Å². The van der Waals surface area contributed by atoms with E-state index in [0.29, 0.717) is 18.9 Å². The number of halogens is 2. The third kappa shape index (κ3) is 2.87. The van der Waals surface area contributed by atoms with Crippen LogP contribution < -0.4 is 10.5 Å². The first-order chi connectivity index (χ1) is 8.43. The highest BCUT2D eigenvalue weighted by molar-refractivity contribution is 9.09. The van der Waals surface area contributed by atoms with Crippen LogP contribution in [0.3, 0.4) is 0 Å². The van der Waals surface area contributed by atoms with Gasteiger partial charge >= 0.3 is 0 Å². The van der Waals surface area contributed by atoms with Gasteiger partial charge in [-0.3, -0.25) is 4.79 Å². The molecule has 18 heavy (non-hydrogen) atoms. The van der Waals surface area contributed by atoms with Crippen LogP contribution >= 0.6 is 27.5 Å². The number of alkyl halides is 1. The molecule has 7 heteroatoms. The Morgan fingerprint density at radius 2 is 2.44 bits per heavy atom. The van der Waals surface area contributed by atoms with E-state index < -0.39 is 0 Å². The Balaban J connectivity index is 2.32. The van der Waals surface area contributed by atoms with Crippen LogP contribution in [0.1, 0.15) is 13.8 Å². The summed E-state index contributed by atoms with van der Waals surface area (Å²) in [6.45, 7) is 5.32. The second kappa shape index (κ2) is 5.19. The second-order valence-electron chi connectivity index (χ2n) is 4.90. The molecule has 1 aliphatic heterocycles. The van der Waals surface area contributed by atoms with Gasteiger partial charge in [-0.25, -0.2) is 4.98 Å². The average Bonchev–Trinajstić information content (AvgIpc) is 2.30. The van der Waals surface area contributed by atoms with Crippen LogP contribution in [-0.4, -0.2) is 40.1 Å². The van der Waals surface area contributed by atoms with Gasteiger partial charge in [0.15, 0.2) is 5.82 Å². The zero-order chi connectivity index (χ0) is 13.3. The molecule has 2 heterocycles. The Bertz CT molecular complexity index is 491. The number of aromatic nitrogens is 2. The lowest BCUT2D eigenvalue weighted by atomic mass is 10.1. The highest BCUT2D eigenvalue weighted by Gasteiger charge is 2.34. The van der Waals surface area contributed by atoms with E-state index in [2.05, 4.69) is 25.9 Å². The molecule has 1 aliphatic rings. The fourth-order valence-electron chi connectivity index (χ4n) is 2.13. The predicted octanol–water partition coefficient (Wildman–Crippen LogP) is 1.80. The maximum Gasteiger partial charge on any atom is 0.271 e. The molecular weight excluding hydrogens is 321 g/mol. The summed E-state index contributed by atoms with van der Waals surface area (Å²) in [5, 5.41) is 0.858. The van der Waals surface area contributed by atoms with Gasteiger partial charge in [0.05, 0.1) is 18.0 Å². The third-order valence-electron chi connectivity index (χ3n) is 2.73. The highest BCUT2D eigenvalue weighted by Crippen LogP contribution is 2.28. The van der Waals surface area contributed by atoms with Crippen molar-refractivity contribution < 1.29 is 4.74 Å². The molecule has 1 aromatic rings. The van der Waals surface area contributed by atoms with Crippen molar-refractivity contribution in [3.8, 4) is 0 Å². The Morgan fingerprint density at radius 3 is 3.11 bits per heavy atom. The van der Waals surface area contributed by atoms with E-state index in [4.69, 9.17) is 16.3 Å². The van der Waals surface area contributed by atoms with E-state index in [-0.39, 0.29) is 22.3 Å². The quantitative estimate of drug-likeness (QED) is 0.837. The Morgan fingerprint density at radius 1 is 1.72 bits per heavy atom. The summed E-state index contributed by atoms with van der Waals surface area (Å²) in [6.07, 6.45) is 1.42. The van der Waals surface area contributed by atoms with Crippen molar-refractivity contribution in [1.82, 2.24) is 9.97 Å². The summed E-state index contributed by atoms with van der Waals surface area (Å²) in [5.41, 5.74) is -0.619. The summed E-state index contributed by atoms with van der Waals surface area (Å²) >= 11 is 9.43. The lowest BCUT2D eigenvalue weighted by Gasteiger charge is -2.43. The molecule has 0 radical (unpaired) electrons. The van der Waals surface area contributed by atoms with Crippen LogP contribution in [0.2, 0.25) is 5.02 Å². The van der Waals surface area contributed by atoms with Gasteiger partial charge in [0.2, 0.25) is 0 Å². The number of hydrogen-bond acceptors (Lipinski definition) is 4. The molecule has 1 aromatic heterocycles. The van der Waals surface area contributed by atoms with Gasteiger partial charge in [0.25, 0.3) is 5.56 Å². The molecular formula is C11H15BrClN3O2. The smallest absolute Gasteiger partial charge is 0.271 e. The predicted molar refractivity (Wildman–Crippen MR) is 74.8 cm³/mol. The van der Waals surface area contributed by atoms with Crippen LogP contribution in [0.15, 0.2) is 11.1 Å². The van der Waals surface area contributed by atoms with Crippen LogP contribution in [0, 0.1) is 0 Å². The van der Waals surface area contributed by atoms with Crippen molar-refractivity contribution in [2.45, 2.75) is 25.6 Å². The fraction of sp³-hybridized carbons (Fsp3) is 0.636. The van der Waals surface area contributed by atoms with Gasteiger partial charge in [-0.15, -0.1) is 0 Å². The molecule has 1 N–H and O–H groups in total. The molecule has 1 saturated heterocycles. The molecule has 2 rings (SSSR count). The minimum Gasteiger partial charge on any atom is -0.368 e. The molecule has 0 amide bonds. The van der Waals surface area contributed by atoms with E-state index in [0.717, 1.165) is 5.33 Å². The van der Waals surface area contributed by atoms with Crippen LogP contribution in [0.5, 0.6) is 0 Å². The first kappa shape index (κ1) is 13.8. The number of aromatic amines is 1. The minimum absolute atomic E-state index is 0.0471. The van der Waals surface area contributed by atoms with Gasteiger partial charge in [-0.2, -0.15) is 0 Å². The van der Waals surface area contributed by atoms with E-state index >= 15 is 0 Å². The van der Waals surface area contributed by atoms with E-state index in [1.165, 1.54) is 6.33 Å². The van der Waals surface area contributed by atoms with Crippen molar-refractivity contribution in [3.63, 3.8) is 0 Å². The molecule has 5 nitrogen and oxygen atoms in total. The first-order valence-corrected chi connectivity index (χ1v) is 7.15. The zero-order valence-electron chi connectivity index (χ0n) is 10.2. The van der Waals surface area contributed by atoms with E-state index in [9.17, 15) is 4.79 Å². The SMILES string of the molecule is CC1(C)CN(c2nc[nH]c(=O)c2Cl)CC(CBr)O1. The van der Waals surface area contributed by atoms with Crippen LogP contribution in [0.25, 0.3) is 0 Å². The van der Waals surface area contributed by atoms with E-state index in [1.54, 1.807) is 0 Å². The second-order valence-corrected chi connectivity index (χ2v) is 5.93. The van der Waals surface area contributed by atoms with Crippen molar-refractivity contribution in [3.05, 3.63) is 21.7 Å². The number of ether oxygens (including phenoxy) is 1. The summed E-state index contributed by atoms with van der Waals surface area (Å²) in [6, 6.07) is 0. The average molecular weight is 337 g/mol. The van der Waals surface area contributed by atoms with Crippen molar-refractivity contribution in [2.24, 2.45) is 0 Å². The molecule has 0 bridgehead atoms.